The smallest absolute Gasteiger partial charge is 0.343 e. The van der Waals surface area contributed by atoms with E-state index in [-0.39, 0.29) is 0 Å². The Morgan fingerprint density at radius 1 is 0.833 bits per heavy atom. The predicted octanol–water partition coefficient (Wildman–Crippen LogP) is 6.89. The summed E-state index contributed by atoms with van der Waals surface area (Å²) in [6, 6.07) is 26.5. The maximum absolute atomic E-state index is 12.4. The molecule has 3 nitrogen and oxygen atoms in total. The van der Waals surface area contributed by atoms with Crippen molar-refractivity contribution in [3.63, 3.8) is 0 Å². The Balaban J connectivity index is 1.56. The van der Waals surface area contributed by atoms with Gasteiger partial charge in [0.2, 0.25) is 0 Å². The molecule has 4 heteroatoms. The first kappa shape index (κ1) is 19.7. The normalized spacial score (nSPS) is 11.0. The van der Waals surface area contributed by atoms with Gasteiger partial charge in [-0.05, 0) is 58.3 Å². The number of halogens is 1. The van der Waals surface area contributed by atoms with E-state index in [2.05, 4.69) is 30.3 Å². The van der Waals surface area contributed by atoms with E-state index in [4.69, 9.17) is 21.1 Å². The van der Waals surface area contributed by atoms with Crippen LogP contribution in [-0.4, -0.2) is 13.1 Å². The molecule has 0 amide bonds. The minimum absolute atomic E-state index is 0.361. The summed E-state index contributed by atoms with van der Waals surface area (Å²) in [6.45, 7) is 0. The van der Waals surface area contributed by atoms with Crippen molar-refractivity contribution in [2.24, 2.45) is 0 Å². The summed E-state index contributed by atoms with van der Waals surface area (Å²) < 4.78 is 10.9. The van der Waals surface area contributed by atoms with Crippen LogP contribution in [-0.2, 0) is 0 Å². The van der Waals surface area contributed by atoms with Gasteiger partial charge in [0.1, 0.15) is 0 Å². The number of carbonyl (C=O) groups is 1. The van der Waals surface area contributed by atoms with Gasteiger partial charge in [0.05, 0.1) is 12.7 Å². The van der Waals surface area contributed by atoms with Crippen molar-refractivity contribution >= 4 is 40.5 Å². The number of ether oxygens (including phenoxy) is 2. The highest BCUT2D eigenvalue weighted by atomic mass is 35.5. The number of esters is 1. The second-order valence-electron chi connectivity index (χ2n) is 6.71. The minimum atomic E-state index is -0.469. The van der Waals surface area contributed by atoms with E-state index in [9.17, 15) is 4.79 Å². The fourth-order valence-electron chi connectivity index (χ4n) is 3.20. The van der Waals surface area contributed by atoms with E-state index in [1.807, 2.05) is 36.4 Å². The first-order chi connectivity index (χ1) is 14.6. The molecule has 148 valence electrons. The lowest BCUT2D eigenvalue weighted by molar-refractivity contribution is 0.0729. The van der Waals surface area contributed by atoms with E-state index in [1.54, 1.807) is 37.4 Å². The van der Waals surface area contributed by atoms with Gasteiger partial charge in [0.25, 0.3) is 0 Å². The second kappa shape index (κ2) is 8.85. The fraction of sp³-hybridized carbons (Fsp3) is 0.0385. The zero-order chi connectivity index (χ0) is 20.9. The molecule has 0 aromatic heterocycles. The van der Waals surface area contributed by atoms with Crippen molar-refractivity contribution in [3.8, 4) is 11.5 Å². The maximum Gasteiger partial charge on any atom is 0.343 e. The van der Waals surface area contributed by atoms with Gasteiger partial charge < -0.3 is 9.47 Å². The molecule has 0 N–H and O–H groups in total. The molecule has 4 rings (SSSR count). The predicted molar refractivity (Wildman–Crippen MR) is 122 cm³/mol. The van der Waals surface area contributed by atoms with Crippen LogP contribution in [0.25, 0.3) is 22.9 Å². The summed E-state index contributed by atoms with van der Waals surface area (Å²) in [4.78, 5) is 12.4. The number of benzene rings is 4. The van der Waals surface area contributed by atoms with Crippen LogP contribution in [0.1, 0.15) is 21.5 Å². The van der Waals surface area contributed by atoms with Crippen LogP contribution in [0.15, 0.2) is 84.9 Å². The van der Waals surface area contributed by atoms with Crippen molar-refractivity contribution in [1.29, 1.82) is 0 Å². The van der Waals surface area contributed by atoms with E-state index in [0.29, 0.717) is 22.1 Å². The quantitative estimate of drug-likeness (QED) is 0.202. The molecule has 0 aliphatic heterocycles. The van der Waals surface area contributed by atoms with Gasteiger partial charge in [-0.3, -0.25) is 0 Å². The number of fused-ring (bicyclic) bond motifs is 1. The van der Waals surface area contributed by atoms with Crippen molar-refractivity contribution in [2.75, 3.05) is 7.11 Å². The Morgan fingerprint density at radius 2 is 1.60 bits per heavy atom. The first-order valence-corrected chi connectivity index (χ1v) is 9.83. The summed E-state index contributed by atoms with van der Waals surface area (Å²) in [5.41, 5.74) is 2.48. The first-order valence-electron chi connectivity index (χ1n) is 9.46. The Kier molecular flexibility index (Phi) is 5.82. The summed E-state index contributed by atoms with van der Waals surface area (Å²) in [7, 11) is 1.55. The zero-order valence-electron chi connectivity index (χ0n) is 16.3. The number of methoxy groups -OCH3 is 1. The largest absolute Gasteiger partial charge is 0.493 e. The summed E-state index contributed by atoms with van der Waals surface area (Å²) in [6.07, 6.45) is 4.07. The maximum atomic E-state index is 12.4. The van der Waals surface area contributed by atoms with Crippen LogP contribution in [0.3, 0.4) is 0 Å². The average molecular weight is 415 g/mol. The third-order valence-corrected chi connectivity index (χ3v) is 5.00. The number of rotatable bonds is 5. The Labute approximate surface area is 180 Å². The van der Waals surface area contributed by atoms with Gasteiger partial charge in [0, 0.05) is 5.02 Å². The molecule has 0 spiro atoms. The molecule has 0 aliphatic rings. The lowest BCUT2D eigenvalue weighted by Gasteiger charge is -2.10. The molecule has 0 unspecified atom stereocenters. The van der Waals surface area contributed by atoms with Crippen LogP contribution < -0.4 is 9.47 Å². The Morgan fingerprint density at radius 3 is 2.40 bits per heavy atom. The zero-order valence-corrected chi connectivity index (χ0v) is 17.1. The van der Waals surface area contributed by atoms with Gasteiger partial charge in [-0.15, -0.1) is 0 Å². The third kappa shape index (κ3) is 4.37. The van der Waals surface area contributed by atoms with Crippen molar-refractivity contribution in [3.05, 3.63) is 107 Å². The van der Waals surface area contributed by atoms with Crippen molar-refractivity contribution in [1.82, 2.24) is 0 Å². The Bertz CT molecular complexity index is 1220. The molecule has 0 atom stereocenters. The summed E-state index contributed by atoms with van der Waals surface area (Å²) >= 11 is 5.87. The highest BCUT2D eigenvalue weighted by molar-refractivity contribution is 6.30. The molecule has 30 heavy (non-hydrogen) atoms. The van der Waals surface area contributed by atoms with E-state index < -0.39 is 5.97 Å². The van der Waals surface area contributed by atoms with Gasteiger partial charge in [0.15, 0.2) is 11.5 Å². The van der Waals surface area contributed by atoms with E-state index >= 15 is 0 Å². The number of hydrogen-bond acceptors (Lipinski definition) is 3. The average Bonchev–Trinajstić information content (AvgIpc) is 2.78. The molecular formula is C26H19ClO3. The van der Waals surface area contributed by atoms with Crippen molar-refractivity contribution < 1.29 is 14.3 Å². The molecule has 4 aromatic carbocycles. The van der Waals surface area contributed by atoms with Gasteiger partial charge in [-0.2, -0.15) is 0 Å². The molecule has 0 aliphatic carbocycles. The Hall–Kier alpha value is -3.56. The van der Waals surface area contributed by atoms with Crippen LogP contribution in [0.2, 0.25) is 5.02 Å². The summed E-state index contributed by atoms with van der Waals surface area (Å²) in [5, 5.41) is 2.95. The fourth-order valence-corrected chi connectivity index (χ4v) is 3.32. The van der Waals surface area contributed by atoms with Gasteiger partial charge >= 0.3 is 5.97 Å². The lowest BCUT2D eigenvalue weighted by Crippen LogP contribution is -2.09. The van der Waals surface area contributed by atoms with E-state index in [1.165, 1.54) is 10.8 Å². The second-order valence-corrected chi connectivity index (χ2v) is 7.14. The third-order valence-electron chi connectivity index (χ3n) is 4.75. The molecule has 0 bridgehead atoms. The highest BCUT2D eigenvalue weighted by Crippen LogP contribution is 2.30. The molecular weight excluding hydrogens is 396 g/mol. The monoisotopic (exact) mass is 414 g/mol. The lowest BCUT2D eigenvalue weighted by atomic mass is 10.0. The van der Waals surface area contributed by atoms with Gasteiger partial charge in [-0.25, -0.2) is 4.79 Å². The number of carbonyl (C=O) groups excluding carboxylic acids is 1. The molecule has 0 saturated carbocycles. The topological polar surface area (TPSA) is 35.5 Å². The number of hydrogen-bond donors (Lipinski definition) is 0. The molecule has 0 radical (unpaired) electrons. The van der Waals surface area contributed by atoms with Crippen LogP contribution in [0.5, 0.6) is 11.5 Å². The van der Waals surface area contributed by atoms with Crippen LogP contribution in [0, 0.1) is 0 Å². The molecule has 0 heterocycles. The summed E-state index contributed by atoms with van der Waals surface area (Å²) in [5.74, 6) is 0.376. The van der Waals surface area contributed by atoms with Gasteiger partial charge in [-0.1, -0.05) is 72.3 Å². The molecule has 4 aromatic rings. The molecule has 0 saturated heterocycles. The molecule has 0 fully saturated rings. The SMILES string of the molecule is COc1cc(C=Cc2cccc3ccccc23)ccc1OC(=O)c1ccc(Cl)cc1. The standard InChI is InChI=1S/C26H19ClO3/c1-29-25-17-18(9-11-20-7-4-6-19-5-2-3-8-23(19)20)10-16-24(25)30-26(28)21-12-14-22(27)15-13-21/h2-17H,1H3. The van der Waals surface area contributed by atoms with Crippen LogP contribution in [0.4, 0.5) is 0 Å². The van der Waals surface area contributed by atoms with E-state index in [0.717, 1.165) is 11.1 Å². The minimum Gasteiger partial charge on any atom is -0.493 e. The van der Waals surface area contributed by atoms with Crippen LogP contribution >= 0.6 is 11.6 Å². The van der Waals surface area contributed by atoms with Crippen molar-refractivity contribution in [2.45, 2.75) is 0 Å². The highest BCUT2D eigenvalue weighted by Gasteiger charge is 2.12.